The summed E-state index contributed by atoms with van der Waals surface area (Å²) in [6.45, 7) is 3.83. The number of aromatic nitrogens is 1. The fraction of sp³-hybridized carbons (Fsp3) is 0.364. The molecule has 0 fully saturated rings. The maximum absolute atomic E-state index is 12.0. The van der Waals surface area contributed by atoms with E-state index in [4.69, 9.17) is 11.6 Å². The predicted molar refractivity (Wildman–Crippen MR) is 63.6 cm³/mol. The standard InChI is InChI=1S/C11H12ClN3O/c1-3-8-7(2)14-15(11(8)16)9-5-4-6-13-10(9)12/h4-6,8H,3H2,1-2H3. The molecular weight excluding hydrogens is 226 g/mol. The third kappa shape index (κ3) is 1.69. The van der Waals surface area contributed by atoms with Gasteiger partial charge in [-0.05, 0) is 25.5 Å². The summed E-state index contributed by atoms with van der Waals surface area (Å²) in [6, 6.07) is 3.47. The first-order valence-electron chi connectivity index (χ1n) is 5.14. The highest BCUT2D eigenvalue weighted by atomic mass is 35.5. The number of nitrogens with zero attached hydrogens (tertiary/aromatic N) is 3. The number of hydrogen-bond acceptors (Lipinski definition) is 3. The van der Waals surface area contributed by atoms with Gasteiger partial charge in [0, 0.05) is 11.9 Å². The van der Waals surface area contributed by atoms with Crippen LogP contribution in [-0.4, -0.2) is 16.6 Å². The Kier molecular flexibility index (Phi) is 2.92. The van der Waals surface area contributed by atoms with Gasteiger partial charge in [0.15, 0.2) is 5.15 Å². The number of hydrogen-bond donors (Lipinski definition) is 0. The molecule has 0 saturated carbocycles. The average molecular weight is 238 g/mol. The highest BCUT2D eigenvalue weighted by Gasteiger charge is 2.33. The Labute approximate surface area is 98.9 Å². The first-order valence-corrected chi connectivity index (χ1v) is 5.52. The lowest BCUT2D eigenvalue weighted by atomic mass is 10.0. The minimum Gasteiger partial charge on any atom is -0.272 e. The summed E-state index contributed by atoms with van der Waals surface area (Å²) in [7, 11) is 0. The molecular formula is C11H12ClN3O. The second-order valence-electron chi connectivity index (χ2n) is 3.67. The Balaban J connectivity index is 2.38. The van der Waals surface area contributed by atoms with E-state index in [1.54, 1.807) is 18.3 Å². The van der Waals surface area contributed by atoms with E-state index in [2.05, 4.69) is 10.1 Å². The normalized spacial score (nSPS) is 20.2. The highest BCUT2D eigenvalue weighted by molar-refractivity contribution is 6.33. The number of carbonyl (C=O) groups excluding carboxylic acids is 1. The number of amides is 1. The van der Waals surface area contributed by atoms with Crippen molar-refractivity contribution in [2.45, 2.75) is 20.3 Å². The molecule has 1 amide bonds. The molecule has 1 aromatic rings. The molecule has 1 aromatic heterocycles. The van der Waals surface area contributed by atoms with Crippen LogP contribution in [0.25, 0.3) is 0 Å². The first kappa shape index (κ1) is 11.1. The summed E-state index contributed by atoms with van der Waals surface area (Å²) in [5.74, 6) is -0.161. The van der Waals surface area contributed by atoms with Crippen molar-refractivity contribution in [2.24, 2.45) is 11.0 Å². The largest absolute Gasteiger partial charge is 0.272 e. The Morgan fingerprint density at radius 2 is 2.31 bits per heavy atom. The predicted octanol–water partition coefficient (Wildman–Crippen LogP) is 2.48. The number of halogens is 1. The van der Waals surface area contributed by atoms with Gasteiger partial charge >= 0.3 is 0 Å². The molecule has 2 rings (SSSR count). The van der Waals surface area contributed by atoms with Gasteiger partial charge < -0.3 is 0 Å². The Morgan fingerprint density at radius 3 is 2.88 bits per heavy atom. The molecule has 1 atom stereocenters. The number of rotatable bonds is 2. The van der Waals surface area contributed by atoms with E-state index in [0.29, 0.717) is 10.8 Å². The first-order chi connectivity index (χ1) is 7.65. The van der Waals surface area contributed by atoms with E-state index >= 15 is 0 Å². The van der Waals surface area contributed by atoms with Gasteiger partial charge in [-0.1, -0.05) is 18.5 Å². The Bertz CT molecular complexity index is 458. The van der Waals surface area contributed by atoms with Crippen molar-refractivity contribution < 1.29 is 4.79 Å². The maximum Gasteiger partial charge on any atom is 0.256 e. The molecule has 16 heavy (non-hydrogen) atoms. The van der Waals surface area contributed by atoms with Crippen molar-refractivity contribution in [1.82, 2.24) is 4.98 Å². The van der Waals surface area contributed by atoms with Crippen molar-refractivity contribution in [3.63, 3.8) is 0 Å². The van der Waals surface area contributed by atoms with Crippen LogP contribution in [0.5, 0.6) is 0 Å². The van der Waals surface area contributed by atoms with Crippen LogP contribution in [0.1, 0.15) is 20.3 Å². The van der Waals surface area contributed by atoms with E-state index in [9.17, 15) is 4.79 Å². The molecule has 84 valence electrons. The second-order valence-corrected chi connectivity index (χ2v) is 4.02. The van der Waals surface area contributed by atoms with Crippen LogP contribution in [0.2, 0.25) is 5.15 Å². The van der Waals surface area contributed by atoms with Crippen LogP contribution in [0.3, 0.4) is 0 Å². The molecule has 4 nitrogen and oxygen atoms in total. The van der Waals surface area contributed by atoms with Crippen molar-refractivity contribution in [2.75, 3.05) is 5.01 Å². The second kappa shape index (κ2) is 4.22. The minimum absolute atomic E-state index is 0.0325. The SMILES string of the molecule is CCC1C(=O)N(c2cccnc2Cl)N=C1C. The topological polar surface area (TPSA) is 45.6 Å². The minimum atomic E-state index is -0.128. The molecule has 1 unspecified atom stereocenters. The summed E-state index contributed by atoms with van der Waals surface area (Å²) in [4.78, 5) is 16.0. The summed E-state index contributed by atoms with van der Waals surface area (Å²) in [5, 5.41) is 5.87. The van der Waals surface area contributed by atoms with Gasteiger partial charge in [0.05, 0.1) is 5.92 Å². The maximum atomic E-state index is 12.0. The molecule has 0 aromatic carbocycles. The quantitative estimate of drug-likeness (QED) is 0.742. The number of carbonyl (C=O) groups is 1. The molecule has 1 aliphatic rings. The molecule has 0 aliphatic carbocycles. The van der Waals surface area contributed by atoms with E-state index in [0.717, 1.165) is 12.1 Å². The lowest BCUT2D eigenvalue weighted by Crippen LogP contribution is -2.26. The fourth-order valence-corrected chi connectivity index (χ4v) is 1.98. The Morgan fingerprint density at radius 1 is 1.56 bits per heavy atom. The zero-order valence-electron chi connectivity index (χ0n) is 9.14. The molecule has 0 radical (unpaired) electrons. The number of anilines is 1. The van der Waals surface area contributed by atoms with Gasteiger partial charge in [0.1, 0.15) is 5.69 Å². The molecule has 1 aliphatic heterocycles. The van der Waals surface area contributed by atoms with Gasteiger partial charge in [-0.15, -0.1) is 0 Å². The third-order valence-electron chi connectivity index (χ3n) is 2.64. The third-order valence-corrected chi connectivity index (χ3v) is 2.94. The van der Waals surface area contributed by atoms with Crippen LogP contribution in [-0.2, 0) is 4.79 Å². The fourth-order valence-electron chi connectivity index (χ4n) is 1.78. The molecule has 0 saturated heterocycles. The van der Waals surface area contributed by atoms with Crippen LogP contribution in [0.4, 0.5) is 5.69 Å². The zero-order chi connectivity index (χ0) is 11.7. The van der Waals surface area contributed by atoms with Crippen molar-refractivity contribution in [3.8, 4) is 0 Å². The number of pyridine rings is 1. The van der Waals surface area contributed by atoms with E-state index < -0.39 is 0 Å². The van der Waals surface area contributed by atoms with Crippen molar-refractivity contribution >= 4 is 28.9 Å². The van der Waals surface area contributed by atoms with Gasteiger partial charge in [-0.3, -0.25) is 4.79 Å². The molecule has 5 heteroatoms. The van der Waals surface area contributed by atoms with Crippen LogP contribution in [0, 0.1) is 5.92 Å². The summed E-state index contributed by atoms with van der Waals surface area (Å²) in [6.07, 6.45) is 2.34. The molecule has 2 heterocycles. The van der Waals surface area contributed by atoms with Crippen molar-refractivity contribution in [3.05, 3.63) is 23.5 Å². The average Bonchev–Trinajstić information content (AvgIpc) is 2.55. The summed E-state index contributed by atoms with van der Waals surface area (Å²) < 4.78 is 0. The van der Waals surface area contributed by atoms with Crippen LogP contribution < -0.4 is 5.01 Å². The van der Waals surface area contributed by atoms with Gasteiger partial charge in [-0.2, -0.15) is 10.1 Å². The lowest BCUT2D eigenvalue weighted by Gasteiger charge is -2.13. The van der Waals surface area contributed by atoms with E-state index in [1.807, 2.05) is 13.8 Å². The van der Waals surface area contributed by atoms with Crippen LogP contribution >= 0.6 is 11.6 Å². The zero-order valence-corrected chi connectivity index (χ0v) is 9.90. The molecule has 0 spiro atoms. The van der Waals surface area contributed by atoms with E-state index in [1.165, 1.54) is 5.01 Å². The van der Waals surface area contributed by atoms with Crippen molar-refractivity contribution in [1.29, 1.82) is 0 Å². The highest BCUT2D eigenvalue weighted by Crippen LogP contribution is 2.29. The van der Waals surface area contributed by atoms with Gasteiger partial charge in [0.2, 0.25) is 0 Å². The molecule has 0 bridgehead atoms. The number of hydrazone groups is 1. The van der Waals surface area contributed by atoms with E-state index in [-0.39, 0.29) is 11.8 Å². The summed E-state index contributed by atoms with van der Waals surface area (Å²) in [5.41, 5.74) is 1.37. The van der Waals surface area contributed by atoms with Gasteiger partial charge in [0.25, 0.3) is 5.91 Å². The molecule has 0 N–H and O–H groups in total. The van der Waals surface area contributed by atoms with Gasteiger partial charge in [-0.25, -0.2) is 4.98 Å². The summed E-state index contributed by atoms with van der Waals surface area (Å²) >= 11 is 5.93. The lowest BCUT2D eigenvalue weighted by molar-refractivity contribution is -0.119. The monoisotopic (exact) mass is 237 g/mol. The Hall–Kier alpha value is -1.42. The smallest absolute Gasteiger partial charge is 0.256 e. The van der Waals surface area contributed by atoms with Crippen LogP contribution in [0.15, 0.2) is 23.4 Å².